The number of hydrogen-bond acceptors (Lipinski definition) is 3. The van der Waals surface area contributed by atoms with E-state index in [-0.39, 0.29) is 5.03 Å². The van der Waals surface area contributed by atoms with Gasteiger partial charge in [0.15, 0.2) is 5.03 Å². The van der Waals surface area contributed by atoms with E-state index in [0.717, 1.165) is 5.69 Å². The number of nitrogens with zero attached hydrogens (tertiary/aromatic N) is 2. The molecule has 0 aliphatic rings. The second-order valence-corrected chi connectivity index (χ2v) is 2.66. The number of hydrogen-bond donors (Lipinski definition) is 1. The van der Waals surface area contributed by atoms with Gasteiger partial charge < -0.3 is 4.55 Å². The van der Waals surface area contributed by atoms with Crippen LogP contribution in [-0.2, 0) is 11.1 Å². The highest BCUT2D eigenvalue weighted by Gasteiger charge is 1.98. The van der Waals surface area contributed by atoms with Gasteiger partial charge in [0.05, 0.1) is 11.9 Å². The normalized spacial score (nSPS) is 13.0. The lowest BCUT2D eigenvalue weighted by atomic mass is 10.5. The predicted molar refractivity (Wildman–Crippen MR) is 35.8 cm³/mol. The van der Waals surface area contributed by atoms with Crippen molar-refractivity contribution in [1.29, 1.82) is 0 Å². The Kier molecular flexibility index (Phi) is 2.08. The zero-order valence-corrected chi connectivity index (χ0v) is 6.13. The van der Waals surface area contributed by atoms with Crippen LogP contribution in [0.5, 0.6) is 0 Å². The summed E-state index contributed by atoms with van der Waals surface area (Å²) < 4.78 is 18.8. The maximum Gasteiger partial charge on any atom is 0.207 e. The summed E-state index contributed by atoms with van der Waals surface area (Å²) in [4.78, 5) is 7.45. The Labute approximate surface area is 60.6 Å². The molecule has 0 saturated heterocycles. The van der Waals surface area contributed by atoms with Crippen LogP contribution in [0.3, 0.4) is 0 Å². The van der Waals surface area contributed by atoms with Crippen LogP contribution in [0.25, 0.3) is 0 Å². The lowest BCUT2D eigenvalue weighted by molar-refractivity contribution is 0.559. The fourth-order valence-corrected chi connectivity index (χ4v) is 0.757. The van der Waals surface area contributed by atoms with Crippen molar-refractivity contribution in [3.63, 3.8) is 0 Å². The van der Waals surface area contributed by atoms with Crippen molar-refractivity contribution in [2.45, 2.75) is 11.9 Å². The maximum atomic E-state index is 10.3. The molecule has 10 heavy (non-hydrogen) atoms. The standard InChI is InChI=1S/C5H6N2O2S/c1-4-2-7-5(3-6-4)10(8)9/h2-3H,1H3,(H,8,9). The number of aryl methyl sites for hydroxylation is 1. The molecule has 1 atom stereocenters. The van der Waals surface area contributed by atoms with Crippen LogP contribution >= 0.6 is 0 Å². The maximum absolute atomic E-state index is 10.3. The lowest BCUT2D eigenvalue weighted by Gasteiger charge is -1.91. The average Bonchev–Trinajstić information content (AvgIpc) is 1.88. The van der Waals surface area contributed by atoms with Crippen molar-refractivity contribution >= 4 is 11.1 Å². The van der Waals surface area contributed by atoms with Crippen molar-refractivity contribution < 1.29 is 8.76 Å². The highest BCUT2D eigenvalue weighted by molar-refractivity contribution is 7.79. The Morgan fingerprint density at radius 2 is 2.20 bits per heavy atom. The largest absolute Gasteiger partial charge is 0.301 e. The van der Waals surface area contributed by atoms with Gasteiger partial charge in [0, 0.05) is 6.20 Å². The molecule has 1 unspecified atom stereocenters. The Morgan fingerprint density at radius 1 is 1.50 bits per heavy atom. The number of aromatic nitrogens is 2. The molecule has 1 heterocycles. The summed E-state index contributed by atoms with van der Waals surface area (Å²) in [7, 11) is 0. The average molecular weight is 158 g/mol. The van der Waals surface area contributed by atoms with E-state index in [1.807, 2.05) is 0 Å². The van der Waals surface area contributed by atoms with E-state index in [9.17, 15) is 4.21 Å². The minimum absolute atomic E-state index is 0.0885. The fourth-order valence-electron chi connectivity index (χ4n) is 0.471. The van der Waals surface area contributed by atoms with Gasteiger partial charge in [0.1, 0.15) is 0 Å². The molecule has 0 radical (unpaired) electrons. The SMILES string of the molecule is Cc1cnc(S(=O)O)cn1. The van der Waals surface area contributed by atoms with Crippen LogP contribution in [0.2, 0.25) is 0 Å². The lowest BCUT2D eigenvalue weighted by Crippen LogP contribution is -1.94. The molecular weight excluding hydrogens is 152 g/mol. The van der Waals surface area contributed by atoms with Crippen LogP contribution < -0.4 is 0 Å². The first-order valence-corrected chi connectivity index (χ1v) is 3.70. The Hall–Kier alpha value is -0.810. The molecule has 4 nitrogen and oxygen atoms in total. The van der Waals surface area contributed by atoms with Crippen molar-refractivity contribution in [3.8, 4) is 0 Å². The van der Waals surface area contributed by atoms with Crippen LogP contribution in [-0.4, -0.2) is 18.7 Å². The van der Waals surface area contributed by atoms with Crippen LogP contribution in [0.4, 0.5) is 0 Å². The van der Waals surface area contributed by atoms with E-state index in [2.05, 4.69) is 9.97 Å². The molecule has 0 bridgehead atoms. The molecule has 0 aliphatic heterocycles. The fraction of sp³-hybridized carbons (Fsp3) is 0.200. The molecule has 1 rings (SSSR count). The topological polar surface area (TPSA) is 63.1 Å². The third kappa shape index (κ3) is 1.58. The Morgan fingerprint density at radius 3 is 2.60 bits per heavy atom. The molecule has 0 aromatic carbocycles. The summed E-state index contributed by atoms with van der Waals surface area (Å²) in [6.45, 7) is 1.76. The minimum atomic E-state index is -2.01. The van der Waals surface area contributed by atoms with Crippen molar-refractivity contribution in [3.05, 3.63) is 18.1 Å². The summed E-state index contributed by atoms with van der Waals surface area (Å²) in [5.74, 6) is 0. The minimum Gasteiger partial charge on any atom is -0.301 e. The highest BCUT2D eigenvalue weighted by Crippen LogP contribution is 1.96. The van der Waals surface area contributed by atoms with Crippen molar-refractivity contribution in [2.75, 3.05) is 0 Å². The van der Waals surface area contributed by atoms with Crippen molar-refractivity contribution in [1.82, 2.24) is 9.97 Å². The third-order valence-corrected chi connectivity index (χ3v) is 1.50. The molecule has 0 aliphatic carbocycles. The van der Waals surface area contributed by atoms with Gasteiger partial charge in [-0.05, 0) is 6.92 Å². The van der Waals surface area contributed by atoms with E-state index < -0.39 is 11.1 Å². The predicted octanol–water partition coefficient (Wildman–Crippen LogP) is 0.366. The Bertz CT molecular complexity index is 246. The molecule has 5 heteroatoms. The van der Waals surface area contributed by atoms with Gasteiger partial charge in [-0.2, -0.15) is 0 Å². The monoisotopic (exact) mass is 158 g/mol. The zero-order chi connectivity index (χ0) is 7.56. The second kappa shape index (κ2) is 2.85. The van der Waals surface area contributed by atoms with E-state index in [4.69, 9.17) is 4.55 Å². The molecule has 0 spiro atoms. The van der Waals surface area contributed by atoms with Gasteiger partial charge in [-0.25, -0.2) is 9.19 Å². The molecule has 54 valence electrons. The van der Waals surface area contributed by atoms with Gasteiger partial charge in [-0.1, -0.05) is 0 Å². The van der Waals surface area contributed by atoms with Gasteiger partial charge in [-0.3, -0.25) is 4.98 Å². The summed E-state index contributed by atoms with van der Waals surface area (Å²) in [6, 6.07) is 0. The molecule has 1 aromatic rings. The van der Waals surface area contributed by atoms with Gasteiger partial charge in [0.25, 0.3) is 0 Å². The zero-order valence-electron chi connectivity index (χ0n) is 5.31. The smallest absolute Gasteiger partial charge is 0.207 e. The first-order valence-electron chi connectivity index (χ1n) is 2.59. The third-order valence-electron chi connectivity index (χ3n) is 0.936. The van der Waals surface area contributed by atoms with Gasteiger partial charge >= 0.3 is 0 Å². The molecule has 1 aromatic heterocycles. The van der Waals surface area contributed by atoms with Crippen LogP contribution in [0.15, 0.2) is 17.4 Å². The van der Waals surface area contributed by atoms with Gasteiger partial charge in [-0.15, -0.1) is 0 Å². The molecule has 0 amide bonds. The summed E-state index contributed by atoms with van der Waals surface area (Å²) in [5, 5.41) is 0.0885. The quantitative estimate of drug-likeness (QED) is 0.599. The highest BCUT2D eigenvalue weighted by atomic mass is 32.2. The summed E-state index contributed by atoms with van der Waals surface area (Å²) >= 11 is -2.01. The van der Waals surface area contributed by atoms with Crippen LogP contribution in [0, 0.1) is 6.92 Å². The van der Waals surface area contributed by atoms with E-state index >= 15 is 0 Å². The molecule has 1 N–H and O–H groups in total. The molecular formula is C5H6N2O2S. The van der Waals surface area contributed by atoms with E-state index in [0.29, 0.717) is 0 Å². The summed E-state index contributed by atoms with van der Waals surface area (Å²) in [6.07, 6.45) is 2.73. The van der Waals surface area contributed by atoms with Crippen molar-refractivity contribution in [2.24, 2.45) is 0 Å². The van der Waals surface area contributed by atoms with Crippen LogP contribution in [0.1, 0.15) is 5.69 Å². The Balaban J connectivity index is 3.00. The first kappa shape index (κ1) is 7.30. The van der Waals surface area contributed by atoms with E-state index in [1.165, 1.54) is 12.4 Å². The second-order valence-electron chi connectivity index (χ2n) is 1.75. The first-order chi connectivity index (χ1) is 4.70. The van der Waals surface area contributed by atoms with E-state index in [1.54, 1.807) is 6.92 Å². The summed E-state index contributed by atoms with van der Waals surface area (Å²) in [5.41, 5.74) is 0.731. The molecule has 0 saturated carbocycles. The number of rotatable bonds is 1. The van der Waals surface area contributed by atoms with Gasteiger partial charge in [0.2, 0.25) is 11.1 Å². The molecule has 0 fully saturated rings.